The molecule has 0 spiro atoms. The zero-order chi connectivity index (χ0) is 15.5. The molecule has 2 fully saturated rings. The SMILES string of the molecule is CC1(C)CC(NC(=O)C2(C(N)=NO)CCOCC2)CCO1. The second-order valence-electron chi connectivity index (χ2n) is 6.45. The number of ether oxygens (including phenoxy) is 2. The summed E-state index contributed by atoms with van der Waals surface area (Å²) in [6, 6.07) is 0.0486. The first-order valence-electron chi connectivity index (χ1n) is 7.40. The number of hydrogen-bond donors (Lipinski definition) is 3. The Balaban J connectivity index is 2.08. The molecule has 1 amide bonds. The largest absolute Gasteiger partial charge is 0.409 e. The fourth-order valence-electron chi connectivity index (χ4n) is 3.09. The summed E-state index contributed by atoms with van der Waals surface area (Å²) >= 11 is 0. The van der Waals surface area contributed by atoms with Gasteiger partial charge in [0.1, 0.15) is 5.41 Å². The van der Waals surface area contributed by atoms with Crippen molar-refractivity contribution in [1.82, 2.24) is 5.32 Å². The molecule has 0 aliphatic carbocycles. The van der Waals surface area contributed by atoms with E-state index in [0.29, 0.717) is 32.7 Å². The zero-order valence-electron chi connectivity index (χ0n) is 12.7. The third-order valence-corrected chi connectivity index (χ3v) is 4.41. The van der Waals surface area contributed by atoms with Crippen molar-refractivity contribution in [2.24, 2.45) is 16.3 Å². The molecule has 1 unspecified atom stereocenters. The Morgan fingerprint density at radius 1 is 1.33 bits per heavy atom. The molecule has 2 aliphatic rings. The van der Waals surface area contributed by atoms with Gasteiger partial charge in [0.05, 0.1) is 5.60 Å². The Morgan fingerprint density at radius 3 is 2.57 bits per heavy atom. The lowest BCUT2D eigenvalue weighted by atomic mass is 9.77. The summed E-state index contributed by atoms with van der Waals surface area (Å²) in [5.41, 5.74) is 4.60. The molecule has 7 heteroatoms. The van der Waals surface area contributed by atoms with Crippen molar-refractivity contribution in [3.63, 3.8) is 0 Å². The predicted molar refractivity (Wildman–Crippen MR) is 77.1 cm³/mol. The third kappa shape index (κ3) is 3.47. The zero-order valence-corrected chi connectivity index (χ0v) is 12.7. The number of amides is 1. The molecule has 0 bridgehead atoms. The maximum Gasteiger partial charge on any atom is 0.234 e. The van der Waals surface area contributed by atoms with E-state index in [1.54, 1.807) is 0 Å². The molecule has 1 atom stereocenters. The monoisotopic (exact) mass is 299 g/mol. The molecule has 21 heavy (non-hydrogen) atoms. The van der Waals surface area contributed by atoms with Crippen LogP contribution in [0.5, 0.6) is 0 Å². The maximum atomic E-state index is 12.7. The molecule has 7 nitrogen and oxygen atoms in total. The number of hydrogen-bond acceptors (Lipinski definition) is 5. The third-order valence-electron chi connectivity index (χ3n) is 4.41. The van der Waals surface area contributed by atoms with Gasteiger partial charge in [-0.2, -0.15) is 0 Å². The Kier molecular flexibility index (Phi) is 4.73. The fraction of sp³-hybridized carbons (Fsp3) is 0.857. The van der Waals surface area contributed by atoms with Gasteiger partial charge in [0.25, 0.3) is 0 Å². The summed E-state index contributed by atoms with van der Waals surface area (Å²) in [6.07, 6.45) is 2.39. The number of amidine groups is 1. The Morgan fingerprint density at radius 2 is 2.00 bits per heavy atom. The van der Waals surface area contributed by atoms with Crippen LogP contribution in [0.1, 0.15) is 39.5 Å². The summed E-state index contributed by atoms with van der Waals surface area (Å²) < 4.78 is 11.0. The number of carbonyl (C=O) groups excluding carboxylic acids is 1. The lowest BCUT2D eigenvalue weighted by molar-refractivity contribution is -0.134. The Hall–Kier alpha value is -1.34. The topological polar surface area (TPSA) is 106 Å². The van der Waals surface area contributed by atoms with Gasteiger partial charge in [-0.25, -0.2) is 0 Å². The van der Waals surface area contributed by atoms with Gasteiger partial charge in [0, 0.05) is 25.9 Å². The van der Waals surface area contributed by atoms with E-state index in [0.717, 1.165) is 12.8 Å². The molecule has 0 aromatic heterocycles. The maximum absolute atomic E-state index is 12.7. The van der Waals surface area contributed by atoms with E-state index in [9.17, 15) is 4.79 Å². The van der Waals surface area contributed by atoms with E-state index < -0.39 is 5.41 Å². The predicted octanol–water partition coefficient (Wildman–Crippen LogP) is 0.603. The highest BCUT2D eigenvalue weighted by atomic mass is 16.5. The average molecular weight is 299 g/mol. The second-order valence-corrected chi connectivity index (χ2v) is 6.45. The van der Waals surface area contributed by atoms with Crippen LogP contribution in [-0.2, 0) is 14.3 Å². The van der Waals surface area contributed by atoms with E-state index >= 15 is 0 Å². The Labute approximate surface area is 124 Å². The smallest absolute Gasteiger partial charge is 0.234 e. The highest BCUT2D eigenvalue weighted by molar-refractivity contribution is 6.06. The number of nitrogens with one attached hydrogen (secondary N) is 1. The highest BCUT2D eigenvalue weighted by Crippen LogP contribution is 2.32. The van der Waals surface area contributed by atoms with Gasteiger partial charge >= 0.3 is 0 Å². The van der Waals surface area contributed by atoms with Crippen LogP contribution in [0.2, 0.25) is 0 Å². The first kappa shape index (κ1) is 16.0. The van der Waals surface area contributed by atoms with Crippen LogP contribution in [0.3, 0.4) is 0 Å². The normalized spacial score (nSPS) is 28.9. The summed E-state index contributed by atoms with van der Waals surface area (Å²) in [4.78, 5) is 12.7. The van der Waals surface area contributed by atoms with Gasteiger partial charge in [-0.1, -0.05) is 5.16 Å². The number of nitrogens with zero attached hydrogens (tertiary/aromatic N) is 1. The molecule has 0 aromatic carbocycles. The van der Waals surface area contributed by atoms with Gasteiger partial charge in [-0.05, 0) is 39.5 Å². The lowest BCUT2D eigenvalue weighted by Gasteiger charge is -2.39. The lowest BCUT2D eigenvalue weighted by Crippen LogP contribution is -2.56. The van der Waals surface area contributed by atoms with Crippen molar-refractivity contribution in [3.8, 4) is 0 Å². The van der Waals surface area contributed by atoms with Crippen LogP contribution in [0, 0.1) is 5.41 Å². The fourth-order valence-corrected chi connectivity index (χ4v) is 3.09. The molecule has 120 valence electrons. The number of oxime groups is 1. The van der Waals surface area contributed by atoms with Crippen molar-refractivity contribution in [1.29, 1.82) is 0 Å². The van der Waals surface area contributed by atoms with Gasteiger partial charge in [-0.3, -0.25) is 4.79 Å². The molecule has 0 aromatic rings. The van der Waals surface area contributed by atoms with E-state index in [4.69, 9.17) is 20.4 Å². The van der Waals surface area contributed by atoms with Crippen molar-refractivity contribution >= 4 is 11.7 Å². The summed E-state index contributed by atoms with van der Waals surface area (Å²) in [6.45, 7) is 5.52. The van der Waals surface area contributed by atoms with Crippen LogP contribution in [0.15, 0.2) is 5.16 Å². The molecule has 2 saturated heterocycles. The van der Waals surface area contributed by atoms with Gasteiger partial charge in [-0.15, -0.1) is 0 Å². The molecule has 2 rings (SSSR count). The van der Waals surface area contributed by atoms with E-state index in [1.807, 2.05) is 13.8 Å². The van der Waals surface area contributed by atoms with E-state index in [1.165, 1.54) is 0 Å². The minimum absolute atomic E-state index is 0.0328. The molecule has 0 radical (unpaired) electrons. The second kappa shape index (κ2) is 6.19. The van der Waals surface area contributed by atoms with Crippen molar-refractivity contribution in [2.75, 3.05) is 19.8 Å². The summed E-state index contributed by atoms with van der Waals surface area (Å²) in [5, 5.41) is 15.1. The van der Waals surface area contributed by atoms with E-state index in [-0.39, 0.29) is 23.4 Å². The van der Waals surface area contributed by atoms with Gasteiger partial charge in [0.2, 0.25) is 5.91 Å². The minimum atomic E-state index is -0.963. The molecule has 2 aliphatic heterocycles. The molecular weight excluding hydrogens is 274 g/mol. The first-order chi connectivity index (χ1) is 9.89. The van der Waals surface area contributed by atoms with Crippen LogP contribution in [-0.4, -0.2) is 48.4 Å². The van der Waals surface area contributed by atoms with Crippen LogP contribution in [0.25, 0.3) is 0 Å². The van der Waals surface area contributed by atoms with Crippen LogP contribution >= 0.6 is 0 Å². The number of carbonyl (C=O) groups is 1. The number of nitrogens with two attached hydrogens (primary N) is 1. The van der Waals surface area contributed by atoms with Crippen molar-refractivity contribution in [3.05, 3.63) is 0 Å². The molecular formula is C14H25N3O4. The van der Waals surface area contributed by atoms with Crippen molar-refractivity contribution in [2.45, 2.75) is 51.2 Å². The van der Waals surface area contributed by atoms with E-state index in [2.05, 4.69) is 10.5 Å². The molecule has 0 saturated carbocycles. The summed E-state index contributed by atoms with van der Waals surface area (Å²) in [5.74, 6) is -0.210. The molecule has 2 heterocycles. The Bertz CT molecular complexity index is 416. The van der Waals surface area contributed by atoms with Gasteiger partial charge in [0.15, 0.2) is 5.84 Å². The minimum Gasteiger partial charge on any atom is -0.409 e. The van der Waals surface area contributed by atoms with Crippen LogP contribution in [0.4, 0.5) is 0 Å². The average Bonchev–Trinajstić information content (AvgIpc) is 2.46. The highest BCUT2D eigenvalue weighted by Gasteiger charge is 2.45. The quantitative estimate of drug-likeness (QED) is 0.306. The standard InChI is InChI=1S/C14H25N3O4/c1-13(2)9-10(3-6-21-13)16-12(18)14(11(15)17-19)4-7-20-8-5-14/h10,19H,3-9H2,1-2H3,(H2,15,17)(H,16,18). The van der Waals surface area contributed by atoms with Crippen molar-refractivity contribution < 1.29 is 19.5 Å². The van der Waals surface area contributed by atoms with Crippen LogP contribution < -0.4 is 11.1 Å². The molecule has 4 N–H and O–H groups in total. The first-order valence-corrected chi connectivity index (χ1v) is 7.40. The summed E-state index contributed by atoms with van der Waals surface area (Å²) in [7, 11) is 0. The van der Waals surface area contributed by atoms with Gasteiger partial charge < -0.3 is 25.7 Å². The number of rotatable bonds is 3.